The molecular weight excluding hydrogens is 256 g/mol. The van der Waals surface area contributed by atoms with E-state index < -0.39 is 31.6 Å². The molecule has 0 aliphatic heterocycles. The molecule has 4 N–H and O–H groups in total. The first kappa shape index (κ1) is 16.0. The van der Waals surface area contributed by atoms with Gasteiger partial charge in [-0.3, -0.25) is 0 Å². The van der Waals surface area contributed by atoms with Crippen LogP contribution in [0.25, 0.3) is 0 Å². The second kappa shape index (κ2) is 4.86. The van der Waals surface area contributed by atoms with E-state index in [0.29, 0.717) is 0 Å². The van der Waals surface area contributed by atoms with Gasteiger partial charge < -0.3 is 0 Å². The summed E-state index contributed by atoms with van der Waals surface area (Å²) in [6.07, 6.45) is 0. The van der Waals surface area contributed by atoms with Gasteiger partial charge in [-0.25, -0.2) is 31.5 Å². The van der Waals surface area contributed by atoms with Crippen molar-refractivity contribution in [2.75, 3.05) is 6.01 Å². The highest BCUT2D eigenvalue weighted by Crippen LogP contribution is 2.18. The highest BCUT2D eigenvalue weighted by molar-refractivity contribution is 7.90. The van der Waals surface area contributed by atoms with Gasteiger partial charge >= 0.3 is 15.5 Å². The lowest BCUT2D eigenvalue weighted by Gasteiger charge is -1.98. The SMILES string of the molecule is NS(=O)(=O)C(F)(F)F.NS(=O)(=O)CF. The third kappa shape index (κ3) is 9.63. The van der Waals surface area contributed by atoms with E-state index in [0.717, 1.165) is 0 Å². The van der Waals surface area contributed by atoms with E-state index in [-0.39, 0.29) is 0 Å². The van der Waals surface area contributed by atoms with Crippen molar-refractivity contribution >= 4 is 20.0 Å². The lowest BCUT2D eigenvalue weighted by molar-refractivity contribution is -0.0436. The summed E-state index contributed by atoms with van der Waals surface area (Å²) in [4.78, 5) is 0. The van der Waals surface area contributed by atoms with Crippen LogP contribution in [0.4, 0.5) is 17.6 Å². The molecule has 0 fully saturated rings. The second-order valence-corrected chi connectivity index (χ2v) is 4.86. The van der Waals surface area contributed by atoms with Gasteiger partial charge in [-0.2, -0.15) is 13.2 Å². The predicted octanol–water partition coefficient (Wildman–Crippen LogP) is -1.00. The van der Waals surface area contributed by atoms with Crippen LogP contribution >= 0.6 is 0 Å². The Labute approximate surface area is 77.0 Å². The molecular formula is C2H6F4N2O4S2. The van der Waals surface area contributed by atoms with Crippen LogP contribution in [-0.2, 0) is 20.0 Å². The van der Waals surface area contributed by atoms with Crippen LogP contribution in [0.15, 0.2) is 0 Å². The molecule has 0 rings (SSSR count). The van der Waals surface area contributed by atoms with E-state index in [9.17, 15) is 34.4 Å². The molecule has 6 nitrogen and oxygen atoms in total. The summed E-state index contributed by atoms with van der Waals surface area (Å²) in [7, 11) is -9.17. The molecule has 0 aromatic rings. The Morgan fingerprint density at radius 2 is 1.14 bits per heavy atom. The molecule has 88 valence electrons. The van der Waals surface area contributed by atoms with Crippen molar-refractivity contribution < 1.29 is 34.4 Å². The molecule has 0 saturated carbocycles. The predicted molar refractivity (Wildman–Crippen MR) is 38.2 cm³/mol. The first-order valence-corrected chi connectivity index (χ1v) is 5.73. The van der Waals surface area contributed by atoms with E-state index in [2.05, 4.69) is 10.3 Å². The molecule has 0 saturated heterocycles. The van der Waals surface area contributed by atoms with Gasteiger partial charge in [0.15, 0.2) is 0 Å². The number of sulfonamides is 2. The van der Waals surface area contributed by atoms with Crippen molar-refractivity contribution in [3.63, 3.8) is 0 Å². The summed E-state index contributed by atoms with van der Waals surface area (Å²) < 4.78 is 80.8. The van der Waals surface area contributed by atoms with Crippen molar-refractivity contribution in [2.24, 2.45) is 10.3 Å². The average molecular weight is 262 g/mol. The molecule has 0 heterocycles. The first-order chi connectivity index (χ1) is 5.81. The van der Waals surface area contributed by atoms with Gasteiger partial charge in [0, 0.05) is 0 Å². The quantitative estimate of drug-likeness (QED) is 0.588. The van der Waals surface area contributed by atoms with Gasteiger partial charge in [0.1, 0.15) is 0 Å². The average Bonchev–Trinajstić information content (AvgIpc) is 1.82. The number of hydrogen-bond acceptors (Lipinski definition) is 4. The smallest absolute Gasteiger partial charge is 0.232 e. The standard InChI is InChI=1S/CH2F3NO2S.CH4FNO2S/c2-1(3,4)8(5,6)7;2-1-6(3,4)5/h(H2,5,6,7);1H2,(H2,3,4,5). The fraction of sp³-hybridized carbons (Fsp3) is 1.00. The lowest BCUT2D eigenvalue weighted by Crippen LogP contribution is -2.30. The third-order valence-corrected chi connectivity index (χ3v) is 1.42. The Bertz CT molecular complexity index is 355. The molecule has 12 heteroatoms. The minimum absolute atomic E-state index is 1.48. The molecule has 0 bridgehead atoms. The minimum atomic E-state index is -5.34. The molecule has 0 atom stereocenters. The molecule has 0 aromatic heterocycles. The van der Waals surface area contributed by atoms with Crippen LogP contribution < -0.4 is 10.3 Å². The molecule has 0 radical (unpaired) electrons. The largest absolute Gasteiger partial charge is 0.511 e. The zero-order valence-electron chi connectivity index (χ0n) is 6.32. The summed E-state index contributed by atoms with van der Waals surface area (Å²) in [6, 6.07) is -1.48. The van der Waals surface area contributed by atoms with Gasteiger partial charge in [0.2, 0.25) is 16.0 Å². The van der Waals surface area contributed by atoms with Crippen LogP contribution in [0.1, 0.15) is 0 Å². The molecule has 14 heavy (non-hydrogen) atoms. The van der Waals surface area contributed by atoms with Crippen molar-refractivity contribution in [3.05, 3.63) is 0 Å². The van der Waals surface area contributed by atoms with Gasteiger partial charge in [0.05, 0.1) is 0 Å². The zero-order chi connectivity index (χ0) is 12.2. The fourth-order valence-corrected chi connectivity index (χ4v) is 0. The molecule has 0 amide bonds. The van der Waals surface area contributed by atoms with E-state index >= 15 is 0 Å². The minimum Gasteiger partial charge on any atom is -0.232 e. The monoisotopic (exact) mass is 262 g/mol. The molecule has 0 unspecified atom stereocenters. The second-order valence-electron chi connectivity index (χ2n) is 1.76. The number of primary sulfonamides is 2. The van der Waals surface area contributed by atoms with Gasteiger partial charge in [-0.1, -0.05) is 0 Å². The number of nitrogens with two attached hydrogens (primary N) is 2. The summed E-state index contributed by atoms with van der Waals surface area (Å²) in [5.74, 6) is 0. The topological polar surface area (TPSA) is 120 Å². The lowest BCUT2D eigenvalue weighted by atomic mass is 11.6. The van der Waals surface area contributed by atoms with Crippen molar-refractivity contribution in [1.82, 2.24) is 0 Å². The third-order valence-electron chi connectivity index (χ3n) is 0.475. The van der Waals surface area contributed by atoms with Crippen LogP contribution in [0.3, 0.4) is 0 Å². The Morgan fingerprint density at radius 3 is 1.14 bits per heavy atom. The van der Waals surface area contributed by atoms with Crippen molar-refractivity contribution in [2.45, 2.75) is 5.51 Å². The molecule has 0 aromatic carbocycles. The Morgan fingerprint density at radius 1 is 1.00 bits per heavy atom. The van der Waals surface area contributed by atoms with Crippen LogP contribution in [-0.4, -0.2) is 28.4 Å². The van der Waals surface area contributed by atoms with E-state index in [1.807, 2.05) is 0 Å². The number of alkyl halides is 4. The normalized spacial score (nSPS) is 13.0. The Hall–Kier alpha value is -0.460. The summed E-state index contributed by atoms with van der Waals surface area (Å²) in [5, 5.41) is 7.79. The summed E-state index contributed by atoms with van der Waals surface area (Å²) in [5.41, 5.74) is -5.31. The van der Waals surface area contributed by atoms with Gasteiger partial charge in [-0.05, 0) is 0 Å². The highest BCUT2D eigenvalue weighted by atomic mass is 32.2. The number of rotatable bonds is 1. The molecule has 0 aliphatic carbocycles. The maximum absolute atomic E-state index is 10.8. The highest BCUT2D eigenvalue weighted by Gasteiger charge is 2.42. The van der Waals surface area contributed by atoms with Crippen molar-refractivity contribution in [3.8, 4) is 0 Å². The summed E-state index contributed by atoms with van der Waals surface area (Å²) in [6.45, 7) is 0. The van der Waals surface area contributed by atoms with E-state index in [4.69, 9.17) is 0 Å². The summed E-state index contributed by atoms with van der Waals surface area (Å²) >= 11 is 0. The molecule has 0 aliphatic rings. The number of halogens is 4. The number of hydrogen-bond donors (Lipinski definition) is 2. The van der Waals surface area contributed by atoms with Gasteiger partial charge in [-0.15, -0.1) is 0 Å². The van der Waals surface area contributed by atoms with Gasteiger partial charge in [0.25, 0.3) is 0 Å². The van der Waals surface area contributed by atoms with Crippen LogP contribution in [0, 0.1) is 0 Å². The molecule has 0 spiro atoms. The fourth-order valence-electron chi connectivity index (χ4n) is 0. The van der Waals surface area contributed by atoms with E-state index in [1.165, 1.54) is 0 Å². The van der Waals surface area contributed by atoms with E-state index in [1.54, 1.807) is 0 Å². The van der Waals surface area contributed by atoms with Crippen molar-refractivity contribution in [1.29, 1.82) is 0 Å². The first-order valence-electron chi connectivity index (χ1n) is 2.47. The van der Waals surface area contributed by atoms with Crippen LogP contribution in [0.5, 0.6) is 0 Å². The Balaban J connectivity index is 0. The zero-order valence-corrected chi connectivity index (χ0v) is 7.96. The maximum Gasteiger partial charge on any atom is 0.511 e. The van der Waals surface area contributed by atoms with Crippen LogP contribution in [0.2, 0.25) is 0 Å². The Kier molecular flexibility index (Phi) is 5.55. The maximum atomic E-state index is 10.8.